The van der Waals surface area contributed by atoms with Crippen LogP contribution in [0, 0.1) is 17.3 Å². The summed E-state index contributed by atoms with van der Waals surface area (Å²) in [5.74, 6) is -3.59. The number of hydrogen-bond acceptors (Lipinski definition) is 5. The van der Waals surface area contributed by atoms with Gasteiger partial charge in [0.15, 0.2) is 0 Å². The number of aliphatic carboxylic acids is 1. The van der Waals surface area contributed by atoms with Crippen molar-refractivity contribution < 1.29 is 29.0 Å². The third-order valence-corrected chi connectivity index (χ3v) is 5.47. The fourth-order valence-corrected chi connectivity index (χ4v) is 3.78. The summed E-state index contributed by atoms with van der Waals surface area (Å²) < 4.78 is 11.1. The van der Waals surface area contributed by atoms with Gasteiger partial charge in [0.1, 0.15) is 12.2 Å². The van der Waals surface area contributed by atoms with E-state index < -0.39 is 47.4 Å². The van der Waals surface area contributed by atoms with E-state index in [-0.39, 0.29) is 17.6 Å². The first-order chi connectivity index (χ1) is 12.1. The molecule has 0 spiro atoms. The average Bonchev–Trinajstić information content (AvgIpc) is 2.88. The molecule has 5 unspecified atom stereocenters. The van der Waals surface area contributed by atoms with Crippen molar-refractivity contribution in [2.24, 2.45) is 17.3 Å². The Labute approximate surface area is 152 Å². The van der Waals surface area contributed by atoms with Crippen molar-refractivity contribution in [1.29, 1.82) is 0 Å². The van der Waals surface area contributed by atoms with Gasteiger partial charge in [0.05, 0.1) is 5.92 Å². The van der Waals surface area contributed by atoms with E-state index in [1.54, 1.807) is 32.9 Å². The van der Waals surface area contributed by atoms with Crippen LogP contribution in [0.2, 0.25) is 0 Å². The molecule has 1 saturated carbocycles. The van der Waals surface area contributed by atoms with Crippen LogP contribution in [0.4, 0.5) is 0 Å². The van der Waals surface area contributed by atoms with Gasteiger partial charge in [0.2, 0.25) is 0 Å². The predicted molar refractivity (Wildman–Crippen MR) is 95.0 cm³/mol. The minimum Gasteiger partial charge on any atom is -0.478 e. The molecular weight excluding hydrogens is 336 g/mol. The zero-order chi connectivity index (χ0) is 19.8. The largest absolute Gasteiger partial charge is 0.478 e. The number of ether oxygens (including phenoxy) is 2. The zero-order valence-electron chi connectivity index (χ0n) is 15.3. The lowest BCUT2D eigenvalue weighted by Crippen LogP contribution is -2.52. The second-order valence-corrected chi connectivity index (χ2v) is 7.06. The molecule has 6 heteroatoms. The molecule has 6 nitrogen and oxygen atoms in total. The Morgan fingerprint density at radius 2 is 2.04 bits per heavy atom. The number of carbonyl (C=O) groups is 3. The molecule has 0 aromatic carbocycles. The third kappa shape index (κ3) is 3.11. The van der Waals surface area contributed by atoms with Gasteiger partial charge in [-0.05, 0) is 25.7 Å². The van der Waals surface area contributed by atoms with Gasteiger partial charge in [0, 0.05) is 22.6 Å². The molecule has 26 heavy (non-hydrogen) atoms. The van der Waals surface area contributed by atoms with E-state index in [1.807, 2.05) is 0 Å². The molecule has 5 atom stereocenters. The monoisotopic (exact) mass is 360 g/mol. The summed E-state index contributed by atoms with van der Waals surface area (Å²) in [4.78, 5) is 35.9. The first-order valence-electron chi connectivity index (χ1n) is 8.36. The maximum absolute atomic E-state index is 12.3. The van der Waals surface area contributed by atoms with Crippen molar-refractivity contribution in [2.45, 2.75) is 39.4 Å². The number of carbonyl (C=O) groups excluding carboxylic acids is 2. The van der Waals surface area contributed by atoms with Crippen LogP contribution in [0.1, 0.15) is 27.2 Å². The normalized spacial score (nSPS) is 33.9. The number of allylic oxidation sites excluding steroid dienone is 2. The predicted octanol–water partition coefficient (Wildman–Crippen LogP) is 2.82. The van der Waals surface area contributed by atoms with E-state index in [0.29, 0.717) is 5.57 Å². The number of carboxylic acids is 1. The van der Waals surface area contributed by atoms with Crippen LogP contribution >= 0.6 is 0 Å². The zero-order valence-corrected chi connectivity index (χ0v) is 15.3. The molecule has 2 fully saturated rings. The summed E-state index contributed by atoms with van der Waals surface area (Å²) in [6.07, 6.45) is 2.03. The first-order valence-corrected chi connectivity index (χ1v) is 8.36. The van der Waals surface area contributed by atoms with E-state index in [1.165, 1.54) is 0 Å². The molecule has 0 amide bonds. The Morgan fingerprint density at radius 3 is 2.54 bits per heavy atom. The number of fused-ring (bicyclic) bond motifs is 1. The van der Waals surface area contributed by atoms with E-state index in [0.717, 1.165) is 0 Å². The Hall–Kier alpha value is -2.63. The van der Waals surface area contributed by atoms with E-state index >= 15 is 0 Å². The SMILES string of the molecule is C=CC1(C)CC(OC(=O)C(C)=CC)C2C(=C)C(=O)OC2C1C(=C)C(=O)O. The number of rotatable bonds is 5. The highest BCUT2D eigenvalue weighted by Gasteiger charge is 2.59. The van der Waals surface area contributed by atoms with Gasteiger partial charge < -0.3 is 14.6 Å². The number of hydrogen-bond donors (Lipinski definition) is 1. The fourth-order valence-electron chi connectivity index (χ4n) is 3.78. The van der Waals surface area contributed by atoms with Crippen LogP contribution in [-0.2, 0) is 23.9 Å². The van der Waals surface area contributed by atoms with Crippen LogP contribution in [0.15, 0.2) is 48.6 Å². The molecule has 1 aliphatic heterocycles. The van der Waals surface area contributed by atoms with Gasteiger partial charge in [-0.3, -0.25) is 0 Å². The van der Waals surface area contributed by atoms with Crippen LogP contribution in [-0.4, -0.2) is 35.2 Å². The van der Waals surface area contributed by atoms with Crippen molar-refractivity contribution in [1.82, 2.24) is 0 Å². The highest BCUT2D eigenvalue weighted by Crippen LogP contribution is 2.53. The lowest BCUT2D eigenvalue weighted by molar-refractivity contribution is -0.160. The highest BCUT2D eigenvalue weighted by atomic mass is 16.6. The van der Waals surface area contributed by atoms with Crippen molar-refractivity contribution in [3.63, 3.8) is 0 Å². The van der Waals surface area contributed by atoms with Crippen molar-refractivity contribution in [3.8, 4) is 0 Å². The summed E-state index contributed by atoms with van der Waals surface area (Å²) in [5, 5.41) is 9.44. The van der Waals surface area contributed by atoms with E-state index in [4.69, 9.17) is 9.47 Å². The minimum atomic E-state index is -1.17. The van der Waals surface area contributed by atoms with Gasteiger partial charge in [0.25, 0.3) is 0 Å². The summed E-state index contributed by atoms with van der Waals surface area (Å²) >= 11 is 0. The second kappa shape index (κ2) is 6.94. The highest BCUT2D eigenvalue weighted by molar-refractivity contribution is 5.93. The van der Waals surface area contributed by atoms with E-state index in [2.05, 4.69) is 19.7 Å². The molecule has 1 saturated heterocycles. The molecule has 1 heterocycles. The van der Waals surface area contributed by atoms with Crippen LogP contribution < -0.4 is 0 Å². The Morgan fingerprint density at radius 1 is 1.42 bits per heavy atom. The smallest absolute Gasteiger partial charge is 0.334 e. The standard InChI is InChI=1S/C20H24O6/c1-7-10(3)18(23)25-13-9-20(6,8-2)15(12(5)17(21)22)16-14(13)11(4)19(24)26-16/h7-8,13-16H,2,4-5,9H2,1,3,6H3,(H,21,22). The summed E-state index contributed by atoms with van der Waals surface area (Å²) in [7, 11) is 0. The Bertz CT molecular complexity index is 731. The first kappa shape index (κ1) is 19.7. The van der Waals surface area contributed by atoms with Crippen LogP contribution in [0.5, 0.6) is 0 Å². The van der Waals surface area contributed by atoms with Gasteiger partial charge >= 0.3 is 17.9 Å². The molecule has 0 aromatic heterocycles. The molecular formula is C20H24O6. The second-order valence-electron chi connectivity index (χ2n) is 7.06. The summed E-state index contributed by atoms with van der Waals surface area (Å²) in [6.45, 7) is 16.4. The summed E-state index contributed by atoms with van der Waals surface area (Å²) in [5.41, 5.74) is -0.231. The lowest BCUT2D eigenvalue weighted by atomic mass is 9.59. The maximum atomic E-state index is 12.3. The van der Waals surface area contributed by atoms with Crippen molar-refractivity contribution in [3.05, 3.63) is 48.6 Å². The maximum Gasteiger partial charge on any atom is 0.334 e. The minimum absolute atomic E-state index is 0.0701. The van der Waals surface area contributed by atoms with E-state index in [9.17, 15) is 19.5 Å². The van der Waals surface area contributed by atoms with Gasteiger partial charge in [-0.25, -0.2) is 14.4 Å². The Balaban J connectivity index is 2.49. The molecule has 0 bridgehead atoms. The molecule has 0 radical (unpaired) electrons. The van der Waals surface area contributed by atoms with Crippen LogP contribution in [0.3, 0.4) is 0 Å². The molecule has 2 aliphatic rings. The Kier molecular flexibility index (Phi) is 5.26. The van der Waals surface area contributed by atoms with Crippen molar-refractivity contribution >= 4 is 17.9 Å². The summed E-state index contributed by atoms with van der Waals surface area (Å²) in [6, 6.07) is 0. The van der Waals surface area contributed by atoms with Gasteiger partial charge in [-0.15, -0.1) is 6.58 Å². The number of carboxylic acid groups (broad SMARTS) is 1. The average molecular weight is 360 g/mol. The van der Waals surface area contributed by atoms with Gasteiger partial charge in [-0.1, -0.05) is 32.2 Å². The molecule has 2 rings (SSSR count). The van der Waals surface area contributed by atoms with Gasteiger partial charge in [-0.2, -0.15) is 0 Å². The van der Waals surface area contributed by atoms with Crippen LogP contribution in [0.25, 0.3) is 0 Å². The quantitative estimate of drug-likeness (QED) is 0.461. The number of esters is 2. The molecule has 1 N–H and O–H groups in total. The molecule has 0 aromatic rings. The topological polar surface area (TPSA) is 89.9 Å². The lowest BCUT2D eigenvalue weighted by Gasteiger charge is -2.47. The van der Waals surface area contributed by atoms with Crippen molar-refractivity contribution in [2.75, 3.05) is 0 Å². The third-order valence-electron chi connectivity index (χ3n) is 5.47. The molecule has 140 valence electrons. The molecule has 1 aliphatic carbocycles. The fraction of sp³-hybridized carbons (Fsp3) is 0.450.